The average molecular weight is 303 g/mol. The van der Waals surface area contributed by atoms with Gasteiger partial charge < -0.3 is 9.67 Å². The molecule has 0 aromatic carbocycles. The van der Waals surface area contributed by atoms with Gasteiger partial charge in [-0.25, -0.2) is 0 Å². The Balaban J connectivity index is 1.57. The Morgan fingerprint density at radius 2 is 2.05 bits per heavy atom. The molecule has 1 saturated carbocycles. The summed E-state index contributed by atoms with van der Waals surface area (Å²) >= 11 is 1.79. The van der Waals surface area contributed by atoms with Gasteiger partial charge in [-0.05, 0) is 43.0 Å². The Bertz CT molecular complexity index is 614. The lowest BCUT2D eigenvalue weighted by Crippen LogP contribution is -2.42. The quantitative estimate of drug-likeness (QED) is 0.926. The minimum absolute atomic E-state index is 0.483. The Morgan fingerprint density at radius 3 is 2.86 bits per heavy atom. The van der Waals surface area contributed by atoms with Crippen LogP contribution in [0.2, 0.25) is 0 Å². The molecule has 0 bridgehead atoms. The molecule has 5 heteroatoms. The van der Waals surface area contributed by atoms with E-state index in [0.717, 1.165) is 37.5 Å². The molecule has 4 rings (SSSR count). The van der Waals surface area contributed by atoms with Crippen molar-refractivity contribution in [3.63, 3.8) is 0 Å². The van der Waals surface area contributed by atoms with E-state index in [9.17, 15) is 5.11 Å². The van der Waals surface area contributed by atoms with Gasteiger partial charge >= 0.3 is 0 Å². The van der Waals surface area contributed by atoms with Gasteiger partial charge in [-0.2, -0.15) is 0 Å². The van der Waals surface area contributed by atoms with Crippen molar-refractivity contribution < 1.29 is 5.11 Å². The molecule has 2 aromatic heterocycles. The van der Waals surface area contributed by atoms with Crippen LogP contribution >= 0.6 is 11.3 Å². The summed E-state index contributed by atoms with van der Waals surface area (Å²) in [6.07, 6.45) is 7.48. The van der Waals surface area contributed by atoms with Crippen LogP contribution in [0.15, 0.2) is 17.5 Å². The van der Waals surface area contributed by atoms with Crippen LogP contribution in [0.1, 0.15) is 61.0 Å². The molecule has 0 atom stereocenters. The summed E-state index contributed by atoms with van der Waals surface area (Å²) in [5.74, 6) is 2.36. The molecular formula is C16H21N3OS. The van der Waals surface area contributed by atoms with Gasteiger partial charge in [-0.3, -0.25) is 0 Å². The molecule has 4 nitrogen and oxygen atoms in total. The first kappa shape index (κ1) is 13.5. The zero-order chi connectivity index (χ0) is 14.3. The van der Waals surface area contributed by atoms with E-state index in [1.165, 1.54) is 30.6 Å². The van der Waals surface area contributed by atoms with Gasteiger partial charge in [-0.15, -0.1) is 21.5 Å². The number of hydrogen-bond donors (Lipinski definition) is 1. The predicted molar refractivity (Wildman–Crippen MR) is 82.4 cm³/mol. The van der Waals surface area contributed by atoms with Gasteiger partial charge in [0.25, 0.3) is 0 Å². The highest BCUT2D eigenvalue weighted by Gasteiger charge is 2.48. The summed E-state index contributed by atoms with van der Waals surface area (Å²) in [5.41, 5.74) is -0.765. The van der Waals surface area contributed by atoms with E-state index in [1.54, 1.807) is 11.3 Å². The normalized spacial score (nSPS) is 29.3. The van der Waals surface area contributed by atoms with E-state index in [-0.39, 0.29) is 0 Å². The predicted octanol–water partition coefficient (Wildman–Crippen LogP) is 3.22. The number of aryl methyl sites for hydroxylation is 1. The minimum Gasteiger partial charge on any atom is -0.382 e. The topological polar surface area (TPSA) is 50.9 Å². The van der Waals surface area contributed by atoms with Gasteiger partial charge in [0.15, 0.2) is 5.82 Å². The second-order valence-electron chi connectivity index (χ2n) is 6.41. The number of rotatable bonds is 2. The fourth-order valence-electron chi connectivity index (χ4n) is 3.67. The maximum absolute atomic E-state index is 10.9. The fourth-order valence-corrected chi connectivity index (χ4v) is 4.50. The van der Waals surface area contributed by atoms with E-state index in [2.05, 4.69) is 32.3 Å². The Kier molecular flexibility index (Phi) is 3.34. The summed E-state index contributed by atoms with van der Waals surface area (Å²) in [5, 5.41) is 21.8. The van der Waals surface area contributed by atoms with Gasteiger partial charge in [0.2, 0.25) is 0 Å². The van der Waals surface area contributed by atoms with Gasteiger partial charge in [0.05, 0.1) is 0 Å². The van der Waals surface area contributed by atoms with Crippen LogP contribution in [0, 0.1) is 0 Å². The third kappa shape index (κ3) is 2.32. The molecule has 1 N–H and O–H groups in total. The number of nitrogens with zero attached hydrogens (tertiary/aromatic N) is 3. The highest BCUT2D eigenvalue weighted by molar-refractivity contribution is 7.10. The first-order chi connectivity index (χ1) is 10.3. The van der Waals surface area contributed by atoms with Crippen molar-refractivity contribution in [2.45, 2.75) is 63.0 Å². The first-order valence-electron chi connectivity index (χ1n) is 7.95. The van der Waals surface area contributed by atoms with Crippen LogP contribution < -0.4 is 0 Å². The smallest absolute Gasteiger partial charge is 0.165 e. The Hall–Kier alpha value is -1.20. The molecule has 21 heavy (non-hydrogen) atoms. The molecule has 112 valence electrons. The molecule has 0 unspecified atom stereocenters. The highest BCUT2D eigenvalue weighted by atomic mass is 32.1. The van der Waals surface area contributed by atoms with Gasteiger partial charge in [-0.1, -0.05) is 18.9 Å². The molecule has 0 radical (unpaired) electrons. The van der Waals surface area contributed by atoms with Gasteiger partial charge in [0.1, 0.15) is 11.4 Å². The third-order valence-corrected chi connectivity index (χ3v) is 5.92. The number of aliphatic hydroxyl groups is 1. The second-order valence-corrected chi connectivity index (χ2v) is 7.39. The van der Waals surface area contributed by atoms with E-state index in [4.69, 9.17) is 0 Å². The van der Waals surface area contributed by atoms with Crippen LogP contribution in [0.4, 0.5) is 0 Å². The summed E-state index contributed by atoms with van der Waals surface area (Å²) in [7, 11) is 0. The average Bonchev–Trinajstić information content (AvgIpc) is 3.04. The van der Waals surface area contributed by atoms with Crippen molar-refractivity contribution in [2.75, 3.05) is 0 Å². The van der Waals surface area contributed by atoms with Crippen molar-refractivity contribution >= 4 is 11.3 Å². The molecule has 0 amide bonds. The number of fused-ring (bicyclic) bond motifs is 1. The highest BCUT2D eigenvalue weighted by Crippen LogP contribution is 2.51. The molecule has 1 aliphatic heterocycles. The van der Waals surface area contributed by atoms with Crippen LogP contribution in [0.3, 0.4) is 0 Å². The molecule has 0 spiro atoms. The van der Waals surface area contributed by atoms with Crippen molar-refractivity contribution in [1.82, 2.24) is 14.8 Å². The molecule has 1 aliphatic carbocycles. The van der Waals surface area contributed by atoms with Crippen LogP contribution in [-0.2, 0) is 18.6 Å². The maximum atomic E-state index is 10.9. The molecule has 2 aromatic rings. The van der Waals surface area contributed by atoms with Crippen LogP contribution in [0.5, 0.6) is 0 Å². The number of hydrogen-bond acceptors (Lipinski definition) is 4. The molecule has 1 fully saturated rings. The summed E-state index contributed by atoms with van der Waals surface area (Å²) in [6.45, 7) is 0.962. The molecular weight excluding hydrogens is 282 g/mol. The summed E-state index contributed by atoms with van der Waals surface area (Å²) < 4.78 is 2.20. The summed E-state index contributed by atoms with van der Waals surface area (Å²) in [4.78, 5) is 1.38. The van der Waals surface area contributed by atoms with E-state index in [1.807, 2.05) is 0 Å². The number of thiophene rings is 1. The third-order valence-electron chi connectivity index (χ3n) is 4.89. The largest absolute Gasteiger partial charge is 0.382 e. The SMILES string of the molecule is OC1(c2nnc3n2CCCCCC3)CC(c2cccs2)C1. The fraction of sp³-hybridized carbons (Fsp3) is 0.625. The zero-order valence-corrected chi connectivity index (χ0v) is 13.0. The zero-order valence-electron chi connectivity index (χ0n) is 12.2. The standard InChI is InChI=1S/C16H21N3OS/c20-16(10-12(11-16)13-6-5-9-21-13)15-18-17-14-7-3-1-2-4-8-19(14)15/h5-6,9,12,20H,1-4,7-8,10-11H2. The molecule has 2 aliphatic rings. The monoisotopic (exact) mass is 303 g/mol. The first-order valence-corrected chi connectivity index (χ1v) is 8.82. The minimum atomic E-state index is -0.765. The van der Waals surface area contributed by atoms with Gasteiger partial charge in [0, 0.05) is 17.8 Å². The van der Waals surface area contributed by atoms with E-state index < -0.39 is 5.60 Å². The second kappa shape index (κ2) is 5.21. The van der Waals surface area contributed by atoms with Crippen molar-refractivity contribution in [3.05, 3.63) is 34.0 Å². The van der Waals surface area contributed by atoms with Crippen LogP contribution in [0.25, 0.3) is 0 Å². The van der Waals surface area contributed by atoms with E-state index >= 15 is 0 Å². The van der Waals surface area contributed by atoms with Crippen molar-refractivity contribution in [2.24, 2.45) is 0 Å². The summed E-state index contributed by atoms with van der Waals surface area (Å²) in [6, 6.07) is 4.26. The number of aromatic nitrogens is 3. The van der Waals surface area contributed by atoms with Crippen molar-refractivity contribution in [3.8, 4) is 0 Å². The lowest BCUT2D eigenvalue weighted by molar-refractivity contribution is -0.0648. The van der Waals surface area contributed by atoms with Crippen molar-refractivity contribution in [1.29, 1.82) is 0 Å². The maximum Gasteiger partial charge on any atom is 0.165 e. The van der Waals surface area contributed by atoms with Crippen LogP contribution in [-0.4, -0.2) is 19.9 Å². The molecule has 3 heterocycles. The lowest BCUT2D eigenvalue weighted by Gasteiger charge is -2.42. The van der Waals surface area contributed by atoms with E-state index in [0.29, 0.717) is 5.92 Å². The molecule has 0 saturated heterocycles. The Labute approximate surface area is 128 Å². The Morgan fingerprint density at radius 1 is 1.19 bits per heavy atom. The lowest BCUT2D eigenvalue weighted by atomic mass is 9.69.